The van der Waals surface area contributed by atoms with Crippen LogP contribution in [0.4, 0.5) is 13.2 Å². The van der Waals surface area contributed by atoms with Crippen molar-refractivity contribution in [3.05, 3.63) is 52.7 Å². The van der Waals surface area contributed by atoms with Crippen molar-refractivity contribution in [1.82, 2.24) is 15.1 Å². The maximum absolute atomic E-state index is 13.0. The number of rotatable bonds is 6. The van der Waals surface area contributed by atoms with E-state index < -0.39 is 34.2 Å². The molecule has 0 radical (unpaired) electrons. The van der Waals surface area contributed by atoms with E-state index >= 15 is 0 Å². The quantitative estimate of drug-likeness (QED) is 0.372. The number of amides is 1. The zero-order chi connectivity index (χ0) is 24.6. The van der Waals surface area contributed by atoms with Gasteiger partial charge in [0, 0.05) is 12.4 Å². The Balaban J connectivity index is 1.89. The number of carbonyl (C=O) groups is 2. The first kappa shape index (κ1) is 24.9. The molecule has 0 aliphatic heterocycles. The van der Waals surface area contributed by atoms with E-state index in [0.29, 0.717) is 22.0 Å². The molecule has 11 heteroatoms. The summed E-state index contributed by atoms with van der Waals surface area (Å²) in [5.41, 5.74) is 0.0689. The number of halogens is 5. The van der Waals surface area contributed by atoms with Gasteiger partial charge in [-0.15, -0.1) is 11.6 Å². The van der Waals surface area contributed by atoms with Crippen molar-refractivity contribution in [2.45, 2.75) is 25.6 Å². The lowest BCUT2D eigenvalue weighted by Crippen LogP contribution is -2.47. The molecule has 1 N–H and O–H groups in total. The molecule has 3 rings (SSSR count). The molecule has 0 aliphatic carbocycles. The highest BCUT2D eigenvalue weighted by Crippen LogP contribution is 2.37. The van der Waals surface area contributed by atoms with E-state index in [1.165, 1.54) is 16.8 Å². The van der Waals surface area contributed by atoms with Gasteiger partial charge in [0.05, 0.1) is 21.6 Å². The van der Waals surface area contributed by atoms with E-state index in [9.17, 15) is 22.8 Å². The Morgan fingerprint density at radius 1 is 1.12 bits per heavy atom. The average Bonchev–Trinajstić information content (AvgIpc) is 3.07. The molecule has 0 saturated heterocycles. The summed E-state index contributed by atoms with van der Waals surface area (Å²) in [7, 11) is 1.65. The zero-order valence-electron chi connectivity index (χ0n) is 17.9. The van der Waals surface area contributed by atoms with E-state index in [2.05, 4.69) is 10.4 Å². The van der Waals surface area contributed by atoms with Gasteiger partial charge in [-0.3, -0.25) is 14.3 Å². The summed E-state index contributed by atoms with van der Waals surface area (Å²) >= 11 is 11.3. The van der Waals surface area contributed by atoms with Crippen LogP contribution in [0.2, 0.25) is 5.02 Å². The molecule has 1 amide bonds. The fraction of sp³-hybridized carbons (Fsp3) is 0.318. The van der Waals surface area contributed by atoms with E-state index in [1.807, 2.05) is 0 Å². The van der Waals surface area contributed by atoms with E-state index in [4.69, 9.17) is 27.9 Å². The minimum absolute atomic E-state index is 0.0755. The van der Waals surface area contributed by atoms with Gasteiger partial charge in [-0.05, 0) is 49.2 Å². The van der Waals surface area contributed by atoms with E-state index in [1.54, 1.807) is 39.1 Å². The number of nitrogens with zero attached hydrogens (tertiary/aromatic N) is 2. The highest BCUT2D eigenvalue weighted by molar-refractivity contribution is 6.31. The standard InChI is InChI=1S/C22H20Cl2F3N3O3/c1-21(2,11-33-18(31)10-23)28-20(32)19-14-6-4-13(9-17(14)30(3)29-19)12-5-7-15(16(24)8-12)22(25,26)27/h4-9H,10-11H2,1-3H3,(H,28,32). The number of benzene rings is 2. The highest BCUT2D eigenvalue weighted by Gasteiger charge is 2.33. The third kappa shape index (κ3) is 5.59. The Kier molecular flexibility index (Phi) is 6.95. The SMILES string of the molecule is Cn1nc(C(=O)NC(C)(C)COC(=O)CCl)c2ccc(-c3ccc(C(F)(F)F)c(Cl)c3)cc21. The molecule has 1 heterocycles. The maximum atomic E-state index is 13.0. The van der Waals surface area contributed by atoms with Crippen molar-refractivity contribution in [1.29, 1.82) is 0 Å². The summed E-state index contributed by atoms with van der Waals surface area (Å²) in [5.74, 6) is -1.36. The van der Waals surface area contributed by atoms with Crippen molar-refractivity contribution in [3.63, 3.8) is 0 Å². The van der Waals surface area contributed by atoms with Gasteiger partial charge in [-0.1, -0.05) is 23.7 Å². The lowest BCUT2D eigenvalue weighted by Gasteiger charge is -2.25. The van der Waals surface area contributed by atoms with Crippen LogP contribution in [-0.2, 0) is 22.8 Å². The third-order valence-corrected chi connectivity index (χ3v) is 5.36. The predicted molar refractivity (Wildman–Crippen MR) is 119 cm³/mol. The number of hydrogen-bond donors (Lipinski definition) is 1. The molecule has 33 heavy (non-hydrogen) atoms. The molecule has 0 bridgehead atoms. The smallest absolute Gasteiger partial charge is 0.417 e. The summed E-state index contributed by atoms with van der Waals surface area (Å²) in [6.07, 6.45) is -4.54. The molecule has 6 nitrogen and oxygen atoms in total. The van der Waals surface area contributed by atoms with Crippen LogP contribution in [0.15, 0.2) is 36.4 Å². The van der Waals surface area contributed by atoms with Gasteiger partial charge in [0.2, 0.25) is 0 Å². The molecule has 176 valence electrons. The topological polar surface area (TPSA) is 73.2 Å². The fourth-order valence-corrected chi connectivity index (χ4v) is 3.60. The van der Waals surface area contributed by atoms with E-state index in [-0.39, 0.29) is 18.2 Å². The number of fused-ring (bicyclic) bond motifs is 1. The monoisotopic (exact) mass is 501 g/mol. The van der Waals surface area contributed by atoms with Gasteiger partial charge < -0.3 is 10.1 Å². The average molecular weight is 502 g/mol. The molecule has 0 aliphatic rings. The Bertz CT molecular complexity index is 1220. The van der Waals surface area contributed by atoms with Crippen LogP contribution in [0, 0.1) is 0 Å². The minimum atomic E-state index is -4.54. The van der Waals surface area contributed by atoms with Crippen molar-refractivity contribution >= 4 is 46.0 Å². The predicted octanol–water partition coefficient (Wildman–Crippen LogP) is 5.20. The first-order chi connectivity index (χ1) is 15.3. The van der Waals surface area contributed by atoms with Crippen molar-refractivity contribution in [2.75, 3.05) is 12.5 Å². The normalized spacial score (nSPS) is 12.1. The number of aromatic nitrogens is 2. The first-order valence-corrected chi connectivity index (χ1v) is 10.6. The van der Waals surface area contributed by atoms with E-state index in [0.717, 1.165) is 6.07 Å². The summed E-state index contributed by atoms with van der Waals surface area (Å²) in [5, 5.41) is 7.20. The molecular formula is C22H20Cl2F3N3O3. The molecule has 3 aromatic rings. The van der Waals surface area contributed by atoms with Crippen LogP contribution < -0.4 is 5.32 Å². The Morgan fingerprint density at radius 2 is 1.76 bits per heavy atom. The van der Waals surface area contributed by atoms with Gasteiger partial charge in [-0.2, -0.15) is 18.3 Å². The molecular weight excluding hydrogens is 482 g/mol. The lowest BCUT2D eigenvalue weighted by molar-refractivity contribution is -0.142. The number of ether oxygens (including phenoxy) is 1. The lowest BCUT2D eigenvalue weighted by atomic mass is 10.0. The Labute approximate surface area is 197 Å². The van der Waals surface area contributed by atoms with Crippen molar-refractivity contribution < 1.29 is 27.5 Å². The minimum Gasteiger partial charge on any atom is -0.462 e. The van der Waals surface area contributed by atoms with Gasteiger partial charge in [0.1, 0.15) is 12.5 Å². The molecule has 0 spiro atoms. The van der Waals surface area contributed by atoms with Crippen LogP contribution in [0.3, 0.4) is 0 Å². The van der Waals surface area contributed by atoms with Gasteiger partial charge in [-0.25, -0.2) is 0 Å². The van der Waals surface area contributed by atoms with Crippen molar-refractivity contribution in [3.8, 4) is 11.1 Å². The summed E-state index contributed by atoms with van der Waals surface area (Å²) in [4.78, 5) is 24.1. The molecule has 0 fully saturated rings. The van der Waals surface area contributed by atoms with Crippen LogP contribution in [-0.4, -0.2) is 39.7 Å². The van der Waals surface area contributed by atoms with Crippen molar-refractivity contribution in [2.24, 2.45) is 7.05 Å². The largest absolute Gasteiger partial charge is 0.462 e. The van der Waals surface area contributed by atoms with Crippen LogP contribution in [0.5, 0.6) is 0 Å². The Hall–Kier alpha value is -2.78. The number of aryl methyl sites for hydroxylation is 1. The highest BCUT2D eigenvalue weighted by atomic mass is 35.5. The second kappa shape index (κ2) is 9.23. The van der Waals surface area contributed by atoms with Crippen LogP contribution in [0.1, 0.15) is 29.9 Å². The second-order valence-corrected chi connectivity index (χ2v) is 8.70. The molecule has 1 aromatic heterocycles. The number of nitrogens with one attached hydrogen (secondary N) is 1. The number of hydrogen-bond acceptors (Lipinski definition) is 4. The summed E-state index contributed by atoms with van der Waals surface area (Å²) in [6.45, 7) is 3.29. The summed E-state index contributed by atoms with van der Waals surface area (Å²) < 4.78 is 45.4. The Morgan fingerprint density at radius 3 is 2.36 bits per heavy atom. The molecule has 0 atom stereocenters. The second-order valence-electron chi connectivity index (χ2n) is 8.03. The van der Waals surface area contributed by atoms with Gasteiger partial charge in [0.25, 0.3) is 5.91 Å². The van der Waals surface area contributed by atoms with Gasteiger partial charge >= 0.3 is 12.1 Å². The fourth-order valence-electron chi connectivity index (χ4n) is 3.23. The molecule has 0 unspecified atom stereocenters. The zero-order valence-corrected chi connectivity index (χ0v) is 19.4. The number of alkyl halides is 4. The van der Waals surface area contributed by atoms with Crippen LogP contribution >= 0.6 is 23.2 Å². The third-order valence-electron chi connectivity index (χ3n) is 4.83. The maximum Gasteiger partial charge on any atom is 0.417 e. The van der Waals surface area contributed by atoms with Crippen LogP contribution in [0.25, 0.3) is 22.0 Å². The number of esters is 1. The first-order valence-electron chi connectivity index (χ1n) is 9.70. The van der Waals surface area contributed by atoms with Gasteiger partial charge in [0.15, 0.2) is 5.69 Å². The number of carbonyl (C=O) groups excluding carboxylic acids is 2. The molecule has 0 saturated carbocycles. The summed E-state index contributed by atoms with van der Waals surface area (Å²) in [6, 6.07) is 8.57. The molecule has 2 aromatic carbocycles.